The summed E-state index contributed by atoms with van der Waals surface area (Å²) in [6.45, 7) is 4.38. The Balaban J connectivity index is 1.74. The molecule has 0 spiro atoms. The molecule has 0 aliphatic rings. The fourth-order valence-corrected chi connectivity index (χ4v) is 3.32. The Morgan fingerprint density at radius 3 is 2.80 bits per heavy atom. The summed E-state index contributed by atoms with van der Waals surface area (Å²) in [6.07, 6.45) is 0.636. The van der Waals surface area contributed by atoms with Crippen LogP contribution in [0, 0.1) is 19.7 Å². The topological polar surface area (TPSA) is 44.9 Å². The number of H-pyrrole nitrogens is 1. The van der Waals surface area contributed by atoms with Gasteiger partial charge in [-0.2, -0.15) is 0 Å². The number of fused-ring (bicyclic) bond motifs is 1. The molecule has 0 radical (unpaired) electrons. The molecule has 3 nitrogen and oxygen atoms in total. The number of hydrogen-bond acceptors (Lipinski definition) is 1. The van der Waals surface area contributed by atoms with E-state index in [4.69, 9.17) is 11.6 Å². The molecule has 1 amide bonds. The smallest absolute Gasteiger partial charge is 0.251 e. The van der Waals surface area contributed by atoms with Gasteiger partial charge in [0.05, 0.1) is 5.52 Å². The lowest BCUT2D eigenvalue weighted by molar-refractivity contribution is 0.0954. The van der Waals surface area contributed by atoms with Crippen LogP contribution >= 0.6 is 11.6 Å². The van der Waals surface area contributed by atoms with E-state index in [9.17, 15) is 9.18 Å². The molecule has 1 aromatic heterocycles. The van der Waals surface area contributed by atoms with E-state index in [-0.39, 0.29) is 11.7 Å². The van der Waals surface area contributed by atoms with Gasteiger partial charge < -0.3 is 10.3 Å². The molecule has 2 aromatic carbocycles. The van der Waals surface area contributed by atoms with Crippen molar-refractivity contribution in [1.82, 2.24) is 10.3 Å². The van der Waals surface area contributed by atoms with Crippen LogP contribution in [0.1, 0.15) is 32.7 Å². The van der Waals surface area contributed by atoms with Crippen molar-refractivity contribution in [2.45, 2.75) is 26.1 Å². The molecule has 2 N–H and O–H groups in total. The third kappa shape index (κ3) is 3.54. The molecule has 130 valence electrons. The third-order valence-electron chi connectivity index (χ3n) is 4.43. The quantitative estimate of drug-likeness (QED) is 0.641. The molecular formula is C20H20ClFN2O. The van der Waals surface area contributed by atoms with Crippen molar-refractivity contribution in [2.75, 3.05) is 6.54 Å². The van der Waals surface area contributed by atoms with Crippen molar-refractivity contribution in [3.05, 3.63) is 70.2 Å². The Bertz CT molecular complexity index is 933. The molecule has 0 unspecified atom stereocenters. The fourth-order valence-electron chi connectivity index (χ4n) is 3.15. The average Bonchev–Trinajstić information content (AvgIpc) is 2.96. The van der Waals surface area contributed by atoms with Gasteiger partial charge in [0.25, 0.3) is 5.91 Å². The first-order valence-corrected chi connectivity index (χ1v) is 8.74. The Labute approximate surface area is 151 Å². The van der Waals surface area contributed by atoms with Crippen LogP contribution in [-0.2, 0) is 12.3 Å². The van der Waals surface area contributed by atoms with Gasteiger partial charge in [0.15, 0.2) is 0 Å². The maximum Gasteiger partial charge on any atom is 0.251 e. The van der Waals surface area contributed by atoms with Crippen LogP contribution in [0.5, 0.6) is 0 Å². The highest BCUT2D eigenvalue weighted by molar-refractivity contribution is 6.17. The minimum Gasteiger partial charge on any atom is -0.356 e. The number of aromatic amines is 1. The Hall–Kier alpha value is -2.33. The maximum absolute atomic E-state index is 14.0. The van der Waals surface area contributed by atoms with Gasteiger partial charge in [-0.15, -0.1) is 11.6 Å². The van der Waals surface area contributed by atoms with Crippen LogP contribution in [-0.4, -0.2) is 17.4 Å². The van der Waals surface area contributed by atoms with Crippen molar-refractivity contribution < 1.29 is 9.18 Å². The zero-order valence-electron chi connectivity index (χ0n) is 14.2. The number of carbonyl (C=O) groups is 1. The van der Waals surface area contributed by atoms with Crippen molar-refractivity contribution in [1.29, 1.82) is 0 Å². The Kier molecular flexibility index (Phi) is 5.09. The molecule has 25 heavy (non-hydrogen) atoms. The van der Waals surface area contributed by atoms with Crippen LogP contribution < -0.4 is 5.32 Å². The summed E-state index contributed by atoms with van der Waals surface area (Å²) in [5, 5.41) is 3.84. The molecule has 0 bridgehead atoms. The minimum absolute atomic E-state index is 0.132. The van der Waals surface area contributed by atoms with Gasteiger partial charge in [0.2, 0.25) is 0 Å². The Morgan fingerprint density at radius 1 is 1.24 bits per heavy atom. The molecular weight excluding hydrogens is 339 g/mol. The zero-order valence-corrected chi connectivity index (χ0v) is 15.0. The molecule has 0 saturated heterocycles. The largest absolute Gasteiger partial charge is 0.356 e. The third-order valence-corrected chi connectivity index (χ3v) is 4.74. The number of carbonyl (C=O) groups excluding carboxylic acids is 1. The SMILES string of the molecule is Cc1[nH]c2c(F)ccc(C)c2c1CCNC(=O)c1cccc(CCl)c1. The molecule has 0 fully saturated rings. The van der Waals surface area contributed by atoms with Crippen LogP contribution in [0.2, 0.25) is 0 Å². The van der Waals surface area contributed by atoms with Gasteiger partial charge in [-0.25, -0.2) is 4.39 Å². The van der Waals surface area contributed by atoms with Gasteiger partial charge in [-0.1, -0.05) is 18.2 Å². The first-order chi connectivity index (χ1) is 12.0. The van der Waals surface area contributed by atoms with Gasteiger partial charge >= 0.3 is 0 Å². The van der Waals surface area contributed by atoms with E-state index in [1.54, 1.807) is 18.2 Å². The van der Waals surface area contributed by atoms with Gasteiger partial charge in [0.1, 0.15) is 5.82 Å². The van der Waals surface area contributed by atoms with E-state index >= 15 is 0 Å². The number of halogens is 2. The summed E-state index contributed by atoms with van der Waals surface area (Å²) in [7, 11) is 0. The van der Waals surface area contributed by atoms with Gasteiger partial charge in [-0.05, 0) is 55.2 Å². The Morgan fingerprint density at radius 2 is 2.04 bits per heavy atom. The van der Waals surface area contributed by atoms with Gasteiger partial charge in [0, 0.05) is 29.1 Å². The number of aryl methyl sites for hydroxylation is 2. The monoisotopic (exact) mass is 358 g/mol. The van der Waals surface area contributed by atoms with E-state index in [0.717, 1.165) is 27.8 Å². The van der Waals surface area contributed by atoms with Gasteiger partial charge in [-0.3, -0.25) is 4.79 Å². The number of benzene rings is 2. The summed E-state index contributed by atoms with van der Waals surface area (Å²) in [6, 6.07) is 10.5. The molecule has 0 atom stereocenters. The van der Waals surface area contributed by atoms with Crippen LogP contribution in [0.4, 0.5) is 4.39 Å². The van der Waals surface area contributed by atoms with Crippen molar-refractivity contribution in [2.24, 2.45) is 0 Å². The molecule has 0 aliphatic heterocycles. The minimum atomic E-state index is -0.253. The number of nitrogens with one attached hydrogen (secondary N) is 2. The summed E-state index contributed by atoms with van der Waals surface area (Å²) in [5.41, 5.74) is 5.04. The molecule has 3 aromatic rings. The number of amides is 1. The lowest BCUT2D eigenvalue weighted by Crippen LogP contribution is -2.25. The second-order valence-corrected chi connectivity index (χ2v) is 6.45. The molecule has 5 heteroatoms. The standard InChI is InChI=1S/C20H20ClFN2O/c1-12-6-7-17(22)19-18(12)16(13(2)24-19)8-9-23-20(25)15-5-3-4-14(10-15)11-21/h3-7,10,24H,8-9,11H2,1-2H3,(H,23,25). The lowest BCUT2D eigenvalue weighted by Gasteiger charge is -2.08. The van der Waals surface area contributed by atoms with E-state index in [1.807, 2.05) is 26.0 Å². The molecule has 1 heterocycles. The van der Waals surface area contributed by atoms with Crippen molar-refractivity contribution >= 4 is 28.4 Å². The summed E-state index contributed by atoms with van der Waals surface area (Å²) in [4.78, 5) is 15.4. The van der Waals surface area contributed by atoms with Crippen molar-refractivity contribution in [3.63, 3.8) is 0 Å². The van der Waals surface area contributed by atoms with Crippen LogP contribution in [0.25, 0.3) is 10.9 Å². The number of alkyl halides is 1. The lowest BCUT2D eigenvalue weighted by atomic mass is 10.0. The summed E-state index contributed by atoms with van der Waals surface area (Å²) in [5.74, 6) is -0.00947. The second kappa shape index (κ2) is 7.28. The highest BCUT2D eigenvalue weighted by Gasteiger charge is 2.14. The normalized spacial score (nSPS) is 11.0. The van der Waals surface area contributed by atoms with E-state index in [1.165, 1.54) is 6.07 Å². The van der Waals surface area contributed by atoms with Crippen LogP contribution in [0.15, 0.2) is 36.4 Å². The first-order valence-electron chi connectivity index (χ1n) is 8.20. The van der Waals surface area contributed by atoms with E-state index < -0.39 is 0 Å². The highest BCUT2D eigenvalue weighted by Crippen LogP contribution is 2.27. The summed E-state index contributed by atoms with van der Waals surface area (Å²) < 4.78 is 14.0. The maximum atomic E-state index is 14.0. The number of rotatable bonds is 5. The summed E-state index contributed by atoms with van der Waals surface area (Å²) >= 11 is 5.81. The predicted molar refractivity (Wildman–Crippen MR) is 99.8 cm³/mol. The van der Waals surface area contributed by atoms with Crippen LogP contribution in [0.3, 0.4) is 0 Å². The van der Waals surface area contributed by atoms with E-state index in [2.05, 4.69) is 10.3 Å². The van der Waals surface area contributed by atoms with E-state index in [0.29, 0.717) is 29.9 Å². The predicted octanol–water partition coefficient (Wildman–Crippen LogP) is 4.64. The second-order valence-electron chi connectivity index (χ2n) is 6.18. The fraction of sp³-hybridized carbons (Fsp3) is 0.250. The molecule has 0 saturated carbocycles. The van der Waals surface area contributed by atoms with Crippen molar-refractivity contribution in [3.8, 4) is 0 Å². The average molecular weight is 359 g/mol. The number of hydrogen-bond donors (Lipinski definition) is 2. The first kappa shape index (κ1) is 17.5. The highest BCUT2D eigenvalue weighted by atomic mass is 35.5. The molecule has 0 aliphatic carbocycles. The number of aromatic nitrogens is 1. The zero-order chi connectivity index (χ0) is 18.0. The molecule has 3 rings (SSSR count).